The molecule has 0 saturated carbocycles. The van der Waals surface area contributed by atoms with Gasteiger partial charge in [0.2, 0.25) is 5.03 Å². The summed E-state index contributed by atoms with van der Waals surface area (Å²) in [4.78, 5) is 12.7. The third-order valence-electron chi connectivity index (χ3n) is 4.80. The number of carbonyl (C=O) groups is 1. The molecule has 0 radical (unpaired) electrons. The number of nitrogens with one attached hydrogen (secondary N) is 1. The van der Waals surface area contributed by atoms with Crippen molar-refractivity contribution in [2.24, 2.45) is 7.05 Å². The summed E-state index contributed by atoms with van der Waals surface area (Å²) in [6.45, 7) is 1.33. The number of aryl methyl sites for hydroxylation is 1. The lowest BCUT2D eigenvalue weighted by Gasteiger charge is -2.19. The van der Waals surface area contributed by atoms with Crippen molar-refractivity contribution < 1.29 is 13.2 Å². The molecular weight excluding hydrogens is 400 g/mol. The van der Waals surface area contributed by atoms with Gasteiger partial charge in [-0.1, -0.05) is 36.6 Å². The van der Waals surface area contributed by atoms with Gasteiger partial charge in [0.25, 0.3) is 15.9 Å². The first-order valence-electron chi connectivity index (χ1n) is 9.44. The van der Waals surface area contributed by atoms with E-state index in [2.05, 4.69) is 10.4 Å². The first-order valence-corrected chi connectivity index (χ1v) is 11.3. The number of sulfonamides is 1. The minimum absolute atomic E-state index is 0.0860. The number of carbonyl (C=O) groups excluding carboxylic acids is 1. The smallest absolute Gasteiger partial charge is 0.263 e. The standard InChI is InChI=1S/C19H25ClN4O3S/c1-23-14-17(18(25)21-11-10-15-6-8-16(20)9-7-15)19(22-23)28(26,27)24-12-4-2-3-5-13-24/h6-9,14H,2-5,10-13H2,1H3,(H,21,25). The van der Waals surface area contributed by atoms with Crippen LogP contribution in [-0.2, 0) is 23.5 Å². The number of rotatable bonds is 6. The lowest BCUT2D eigenvalue weighted by Crippen LogP contribution is -2.34. The summed E-state index contributed by atoms with van der Waals surface area (Å²) in [5, 5.41) is 7.38. The average molecular weight is 425 g/mol. The zero-order chi connectivity index (χ0) is 20.1. The quantitative estimate of drug-likeness (QED) is 0.772. The van der Waals surface area contributed by atoms with Crippen LogP contribution in [-0.4, -0.2) is 48.0 Å². The van der Waals surface area contributed by atoms with E-state index in [-0.39, 0.29) is 10.6 Å². The minimum atomic E-state index is -3.80. The minimum Gasteiger partial charge on any atom is -0.352 e. The molecule has 28 heavy (non-hydrogen) atoms. The second kappa shape index (κ2) is 9.07. The van der Waals surface area contributed by atoms with Gasteiger partial charge in [-0.25, -0.2) is 8.42 Å². The molecule has 1 aliphatic heterocycles. The second-order valence-electron chi connectivity index (χ2n) is 6.97. The molecule has 0 bridgehead atoms. The van der Waals surface area contributed by atoms with Gasteiger partial charge < -0.3 is 5.32 Å². The van der Waals surface area contributed by atoms with Gasteiger partial charge >= 0.3 is 0 Å². The number of hydrogen-bond donors (Lipinski definition) is 1. The van der Waals surface area contributed by atoms with Gasteiger partial charge in [0, 0.05) is 37.9 Å². The first-order chi connectivity index (χ1) is 13.4. The van der Waals surface area contributed by atoms with E-state index < -0.39 is 15.9 Å². The number of amides is 1. The Morgan fingerprint density at radius 1 is 1.14 bits per heavy atom. The second-order valence-corrected chi connectivity index (χ2v) is 9.26. The van der Waals surface area contributed by atoms with E-state index in [1.165, 1.54) is 15.2 Å². The van der Waals surface area contributed by atoms with Gasteiger partial charge in [-0.2, -0.15) is 9.40 Å². The number of nitrogens with zero attached hydrogens (tertiary/aromatic N) is 3. The van der Waals surface area contributed by atoms with Crippen LogP contribution in [0.4, 0.5) is 0 Å². The number of halogens is 1. The average Bonchev–Trinajstić information content (AvgIpc) is 2.88. The predicted octanol–water partition coefficient (Wildman–Crippen LogP) is 2.61. The summed E-state index contributed by atoms with van der Waals surface area (Å²) < 4.78 is 29.0. The monoisotopic (exact) mass is 424 g/mol. The van der Waals surface area contributed by atoms with Gasteiger partial charge in [0.05, 0.1) is 5.56 Å². The molecule has 3 rings (SSSR count). The van der Waals surface area contributed by atoms with Crippen LogP contribution in [0.1, 0.15) is 41.6 Å². The maximum Gasteiger partial charge on any atom is 0.263 e. The van der Waals surface area contributed by atoms with E-state index in [4.69, 9.17) is 11.6 Å². The van der Waals surface area contributed by atoms with E-state index in [1.54, 1.807) is 19.2 Å². The molecule has 0 atom stereocenters. The van der Waals surface area contributed by atoms with E-state index in [0.29, 0.717) is 31.1 Å². The van der Waals surface area contributed by atoms with Crippen molar-refractivity contribution in [1.29, 1.82) is 0 Å². The SMILES string of the molecule is Cn1cc(C(=O)NCCc2ccc(Cl)cc2)c(S(=O)(=O)N2CCCCCC2)n1. The summed E-state index contributed by atoms with van der Waals surface area (Å²) >= 11 is 5.87. The van der Waals surface area contributed by atoms with Crippen molar-refractivity contribution in [2.75, 3.05) is 19.6 Å². The Kier molecular flexibility index (Phi) is 6.74. The molecule has 9 heteroatoms. The molecule has 0 spiro atoms. The summed E-state index contributed by atoms with van der Waals surface area (Å²) in [6.07, 6.45) is 5.78. The Bertz CT molecular complexity index is 917. The van der Waals surface area contributed by atoms with Crippen LogP contribution in [0.3, 0.4) is 0 Å². The number of hydrogen-bond acceptors (Lipinski definition) is 4. The third kappa shape index (κ3) is 4.92. The van der Waals surface area contributed by atoms with Crippen LogP contribution in [0.15, 0.2) is 35.5 Å². The van der Waals surface area contributed by atoms with Crippen molar-refractivity contribution >= 4 is 27.5 Å². The fourth-order valence-corrected chi connectivity index (χ4v) is 5.05. The highest BCUT2D eigenvalue weighted by atomic mass is 35.5. The van der Waals surface area contributed by atoms with Crippen LogP contribution in [0.25, 0.3) is 0 Å². The highest BCUT2D eigenvalue weighted by Crippen LogP contribution is 2.22. The molecule has 1 fully saturated rings. The summed E-state index contributed by atoms with van der Waals surface area (Å²) in [5.41, 5.74) is 1.12. The predicted molar refractivity (Wildman–Crippen MR) is 108 cm³/mol. The van der Waals surface area contributed by atoms with Gasteiger partial charge in [-0.15, -0.1) is 0 Å². The van der Waals surface area contributed by atoms with Gasteiger partial charge in [0.1, 0.15) is 0 Å². The van der Waals surface area contributed by atoms with Crippen molar-refractivity contribution in [3.63, 3.8) is 0 Å². The molecule has 2 heterocycles. The molecule has 152 valence electrons. The van der Waals surface area contributed by atoms with Crippen LogP contribution in [0, 0.1) is 0 Å². The Labute approximate surface area is 170 Å². The highest BCUT2D eigenvalue weighted by Gasteiger charge is 2.32. The molecule has 0 aliphatic carbocycles. The van der Waals surface area contributed by atoms with Crippen molar-refractivity contribution in [1.82, 2.24) is 19.4 Å². The van der Waals surface area contributed by atoms with Crippen molar-refractivity contribution in [2.45, 2.75) is 37.1 Å². The van der Waals surface area contributed by atoms with Crippen LogP contribution in [0.5, 0.6) is 0 Å². The first kappa shape index (κ1) is 20.8. The zero-order valence-electron chi connectivity index (χ0n) is 15.9. The van der Waals surface area contributed by atoms with Gasteiger partial charge in [-0.3, -0.25) is 9.48 Å². The van der Waals surface area contributed by atoms with Crippen molar-refractivity contribution in [3.8, 4) is 0 Å². The fraction of sp³-hybridized carbons (Fsp3) is 0.474. The molecule has 7 nitrogen and oxygen atoms in total. The third-order valence-corrected chi connectivity index (χ3v) is 6.89. The van der Waals surface area contributed by atoms with E-state index in [0.717, 1.165) is 31.2 Å². The fourth-order valence-electron chi connectivity index (χ4n) is 3.29. The summed E-state index contributed by atoms with van der Waals surface area (Å²) in [7, 11) is -2.18. The number of benzene rings is 1. The van der Waals surface area contributed by atoms with Crippen LogP contribution in [0.2, 0.25) is 5.02 Å². The highest BCUT2D eigenvalue weighted by molar-refractivity contribution is 7.89. The van der Waals surface area contributed by atoms with Crippen LogP contribution >= 0.6 is 11.6 Å². The van der Waals surface area contributed by atoms with Gasteiger partial charge in [0.15, 0.2) is 0 Å². The Morgan fingerprint density at radius 2 is 1.79 bits per heavy atom. The summed E-state index contributed by atoms with van der Waals surface area (Å²) in [5.74, 6) is -0.435. The van der Waals surface area contributed by atoms with Crippen LogP contribution < -0.4 is 5.32 Å². The Hall–Kier alpha value is -1.90. The lowest BCUT2D eigenvalue weighted by molar-refractivity contribution is 0.0950. The van der Waals surface area contributed by atoms with E-state index >= 15 is 0 Å². The molecule has 1 aliphatic rings. The maximum absolute atomic E-state index is 13.1. The maximum atomic E-state index is 13.1. The number of aromatic nitrogens is 2. The molecule has 1 N–H and O–H groups in total. The Morgan fingerprint density at radius 3 is 2.43 bits per heavy atom. The van der Waals surface area contributed by atoms with Crippen molar-refractivity contribution in [3.05, 3.63) is 46.6 Å². The topological polar surface area (TPSA) is 84.3 Å². The van der Waals surface area contributed by atoms with E-state index in [9.17, 15) is 13.2 Å². The molecule has 0 unspecified atom stereocenters. The Balaban J connectivity index is 1.71. The molecule has 2 aromatic rings. The van der Waals surface area contributed by atoms with Gasteiger partial charge in [-0.05, 0) is 37.0 Å². The van der Waals surface area contributed by atoms with E-state index in [1.807, 2.05) is 12.1 Å². The molecule has 1 saturated heterocycles. The molecular formula is C19H25ClN4O3S. The molecule has 1 amide bonds. The molecule has 1 aromatic carbocycles. The normalized spacial score (nSPS) is 15.9. The zero-order valence-corrected chi connectivity index (χ0v) is 17.5. The largest absolute Gasteiger partial charge is 0.352 e. The summed E-state index contributed by atoms with van der Waals surface area (Å²) in [6, 6.07) is 7.39. The lowest BCUT2D eigenvalue weighted by atomic mass is 10.1. The molecule has 1 aromatic heterocycles.